The molecule has 3 nitrogen and oxygen atoms in total. The van der Waals surface area contributed by atoms with Gasteiger partial charge in [-0.15, -0.1) is 11.3 Å². The summed E-state index contributed by atoms with van der Waals surface area (Å²) >= 11 is 6.75. The lowest BCUT2D eigenvalue weighted by Crippen LogP contribution is -2.02. The molecule has 0 radical (unpaired) electrons. The molecular formula is C9H9ClO3S. The molecule has 0 amide bonds. The van der Waals surface area contributed by atoms with Crippen LogP contribution in [0.5, 0.6) is 5.75 Å². The summed E-state index contributed by atoms with van der Waals surface area (Å²) < 4.78 is 5.84. The Labute approximate surface area is 90.3 Å². The average molecular weight is 233 g/mol. The molecule has 1 fully saturated rings. The van der Waals surface area contributed by atoms with Crippen LogP contribution in [0.15, 0.2) is 6.07 Å². The van der Waals surface area contributed by atoms with Gasteiger partial charge in [0.15, 0.2) is 4.88 Å². The van der Waals surface area contributed by atoms with E-state index in [9.17, 15) is 4.79 Å². The van der Waals surface area contributed by atoms with Gasteiger partial charge in [-0.1, -0.05) is 11.6 Å². The lowest BCUT2D eigenvalue weighted by atomic mass is 10.4. The Kier molecular flexibility index (Phi) is 2.65. The van der Waals surface area contributed by atoms with E-state index in [-0.39, 0.29) is 4.88 Å². The van der Waals surface area contributed by atoms with Crippen LogP contribution in [0, 0.1) is 5.92 Å². The summed E-state index contributed by atoms with van der Waals surface area (Å²) in [4.78, 5) is 11.0. The second kappa shape index (κ2) is 3.79. The van der Waals surface area contributed by atoms with Gasteiger partial charge in [-0.2, -0.15) is 0 Å². The molecule has 1 heterocycles. The highest BCUT2D eigenvalue weighted by Crippen LogP contribution is 2.35. The van der Waals surface area contributed by atoms with Crippen molar-refractivity contribution in [3.8, 4) is 5.75 Å². The number of thiophene rings is 1. The summed E-state index contributed by atoms with van der Waals surface area (Å²) in [6.07, 6.45) is 2.36. The summed E-state index contributed by atoms with van der Waals surface area (Å²) in [7, 11) is 0. The normalized spacial score (nSPS) is 15.5. The summed E-state index contributed by atoms with van der Waals surface area (Å²) in [5, 5.41) is 8.83. The van der Waals surface area contributed by atoms with Gasteiger partial charge in [0.25, 0.3) is 0 Å². The van der Waals surface area contributed by atoms with Crippen LogP contribution >= 0.6 is 22.9 Å². The number of hydrogen-bond donors (Lipinski definition) is 1. The fourth-order valence-corrected chi connectivity index (χ4v) is 2.09. The van der Waals surface area contributed by atoms with E-state index in [1.807, 2.05) is 0 Å². The van der Waals surface area contributed by atoms with Crippen LogP contribution in [0.3, 0.4) is 0 Å². The Morgan fingerprint density at radius 1 is 1.71 bits per heavy atom. The molecule has 0 bridgehead atoms. The molecule has 0 aliphatic heterocycles. The lowest BCUT2D eigenvalue weighted by molar-refractivity contribution is 0.0698. The monoisotopic (exact) mass is 232 g/mol. The quantitative estimate of drug-likeness (QED) is 0.868. The first-order valence-electron chi connectivity index (χ1n) is 4.32. The second-order valence-corrected chi connectivity index (χ2v) is 4.99. The number of halogens is 1. The van der Waals surface area contributed by atoms with Crippen LogP contribution in [0.25, 0.3) is 0 Å². The summed E-state index contributed by atoms with van der Waals surface area (Å²) in [5.41, 5.74) is 0. The third kappa shape index (κ3) is 2.19. The highest BCUT2D eigenvalue weighted by molar-refractivity contribution is 7.18. The maximum absolute atomic E-state index is 10.8. The molecule has 0 unspecified atom stereocenters. The molecule has 0 aromatic carbocycles. The maximum Gasteiger partial charge on any atom is 0.349 e. The van der Waals surface area contributed by atoms with E-state index >= 15 is 0 Å². The van der Waals surface area contributed by atoms with E-state index in [4.69, 9.17) is 21.4 Å². The van der Waals surface area contributed by atoms with Crippen LogP contribution < -0.4 is 4.74 Å². The van der Waals surface area contributed by atoms with Gasteiger partial charge < -0.3 is 9.84 Å². The Morgan fingerprint density at radius 2 is 2.43 bits per heavy atom. The molecule has 5 heteroatoms. The summed E-state index contributed by atoms with van der Waals surface area (Å²) in [6, 6.07) is 1.57. The third-order valence-corrected chi connectivity index (χ3v) is 3.27. The molecule has 0 spiro atoms. The minimum Gasteiger partial charge on any atom is -0.491 e. The van der Waals surface area contributed by atoms with Gasteiger partial charge in [0.2, 0.25) is 0 Å². The molecule has 0 saturated heterocycles. The molecule has 14 heavy (non-hydrogen) atoms. The predicted octanol–water partition coefficient (Wildman–Crippen LogP) is 2.89. The van der Waals surface area contributed by atoms with Crippen LogP contribution in [-0.4, -0.2) is 17.7 Å². The van der Waals surface area contributed by atoms with Crippen LogP contribution in [0.4, 0.5) is 0 Å². The molecule has 2 rings (SSSR count). The van der Waals surface area contributed by atoms with Crippen molar-refractivity contribution in [1.29, 1.82) is 0 Å². The fourth-order valence-electron chi connectivity index (χ4n) is 1.09. The molecule has 0 atom stereocenters. The van der Waals surface area contributed by atoms with Crippen molar-refractivity contribution in [1.82, 2.24) is 0 Å². The van der Waals surface area contributed by atoms with Crippen LogP contribution in [0.2, 0.25) is 4.34 Å². The van der Waals surface area contributed by atoms with E-state index in [1.54, 1.807) is 6.07 Å². The van der Waals surface area contributed by atoms with E-state index in [0.29, 0.717) is 22.6 Å². The largest absolute Gasteiger partial charge is 0.491 e. The SMILES string of the molecule is O=C(O)c1sc(Cl)cc1OCC1CC1. The average Bonchev–Trinajstić information content (AvgIpc) is 2.86. The first-order chi connectivity index (χ1) is 6.66. The van der Waals surface area contributed by atoms with Gasteiger partial charge in [-0.25, -0.2) is 4.79 Å². The van der Waals surface area contributed by atoms with Crippen molar-refractivity contribution in [3.63, 3.8) is 0 Å². The minimum absolute atomic E-state index is 0.190. The molecule has 1 aliphatic rings. The van der Waals surface area contributed by atoms with E-state index < -0.39 is 5.97 Å². The number of hydrogen-bond acceptors (Lipinski definition) is 3. The number of carbonyl (C=O) groups is 1. The van der Waals surface area contributed by atoms with Crippen molar-refractivity contribution in [2.24, 2.45) is 5.92 Å². The highest BCUT2D eigenvalue weighted by atomic mass is 35.5. The number of carboxylic acids is 1. The van der Waals surface area contributed by atoms with E-state index in [0.717, 1.165) is 11.3 Å². The molecule has 1 saturated carbocycles. The van der Waals surface area contributed by atoms with Crippen molar-refractivity contribution >= 4 is 28.9 Å². The number of ether oxygens (including phenoxy) is 1. The summed E-state index contributed by atoms with van der Waals surface area (Å²) in [5.74, 6) is 0.0300. The fraction of sp³-hybridized carbons (Fsp3) is 0.444. The standard InChI is InChI=1S/C9H9ClO3S/c10-7-3-6(8(14-7)9(11)12)13-4-5-1-2-5/h3,5H,1-2,4H2,(H,11,12). The topological polar surface area (TPSA) is 46.5 Å². The zero-order valence-corrected chi connectivity index (χ0v) is 8.90. The van der Waals surface area contributed by atoms with E-state index in [1.165, 1.54) is 12.8 Å². The van der Waals surface area contributed by atoms with Gasteiger partial charge in [0.1, 0.15) is 5.75 Å². The molecule has 76 valence electrons. The van der Waals surface area contributed by atoms with Gasteiger partial charge >= 0.3 is 5.97 Å². The zero-order chi connectivity index (χ0) is 10.1. The molecule has 1 aromatic rings. The second-order valence-electron chi connectivity index (χ2n) is 3.30. The Bertz CT molecular complexity index is 357. The molecular weight excluding hydrogens is 224 g/mol. The maximum atomic E-state index is 10.8. The Hall–Kier alpha value is -0.740. The van der Waals surface area contributed by atoms with Crippen LogP contribution in [-0.2, 0) is 0 Å². The smallest absolute Gasteiger partial charge is 0.349 e. The van der Waals surface area contributed by atoms with Crippen molar-refractivity contribution < 1.29 is 14.6 Å². The number of rotatable bonds is 4. The lowest BCUT2D eigenvalue weighted by Gasteiger charge is -2.02. The van der Waals surface area contributed by atoms with Crippen molar-refractivity contribution in [2.75, 3.05) is 6.61 Å². The number of aromatic carboxylic acids is 1. The Balaban J connectivity index is 2.09. The van der Waals surface area contributed by atoms with Crippen molar-refractivity contribution in [3.05, 3.63) is 15.3 Å². The third-order valence-electron chi connectivity index (χ3n) is 2.03. The Morgan fingerprint density at radius 3 is 3.00 bits per heavy atom. The highest BCUT2D eigenvalue weighted by Gasteiger charge is 2.24. The first-order valence-corrected chi connectivity index (χ1v) is 5.51. The molecule has 1 aromatic heterocycles. The minimum atomic E-state index is -0.979. The van der Waals surface area contributed by atoms with Crippen molar-refractivity contribution in [2.45, 2.75) is 12.8 Å². The zero-order valence-electron chi connectivity index (χ0n) is 7.33. The van der Waals surface area contributed by atoms with Gasteiger partial charge in [-0.3, -0.25) is 0 Å². The number of carboxylic acid groups (broad SMARTS) is 1. The molecule has 1 aliphatic carbocycles. The predicted molar refractivity (Wildman–Crippen MR) is 54.5 cm³/mol. The van der Waals surface area contributed by atoms with Gasteiger partial charge in [-0.05, 0) is 18.8 Å². The molecule has 1 N–H and O–H groups in total. The van der Waals surface area contributed by atoms with E-state index in [2.05, 4.69) is 0 Å². The summed E-state index contributed by atoms with van der Waals surface area (Å²) in [6.45, 7) is 0.605. The van der Waals surface area contributed by atoms with Gasteiger partial charge in [0.05, 0.1) is 10.9 Å². The van der Waals surface area contributed by atoms with Crippen LogP contribution in [0.1, 0.15) is 22.5 Å². The van der Waals surface area contributed by atoms with Gasteiger partial charge in [0, 0.05) is 6.07 Å². The first kappa shape index (κ1) is 9.80.